The summed E-state index contributed by atoms with van der Waals surface area (Å²) in [5.41, 5.74) is 2.82. The van der Waals surface area contributed by atoms with E-state index in [1.165, 1.54) is 0 Å². The Bertz CT molecular complexity index is 502. The predicted molar refractivity (Wildman–Crippen MR) is 73.9 cm³/mol. The van der Waals surface area contributed by atoms with Gasteiger partial charge >= 0.3 is 0 Å². The lowest BCUT2D eigenvalue weighted by molar-refractivity contribution is 0.282. The molecule has 0 bridgehead atoms. The fourth-order valence-corrected chi connectivity index (χ4v) is 1.93. The van der Waals surface area contributed by atoms with E-state index in [-0.39, 0.29) is 6.61 Å². The molecule has 0 unspecified atom stereocenters. The van der Waals surface area contributed by atoms with E-state index in [1.807, 2.05) is 30.5 Å². The Labute approximate surface area is 113 Å². The fourth-order valence-electron chi connectivity index (χ4n) is 1.93. The van der Waals surface area contributed by atoms with Gasteiger partial charge in [0, 0.05) is 6.54 Å². The molecule has 0 amide bonds. The van der Waals surface area contributed by atoms with E-state index >= 15 is 0 Å². The lowest BCUT2D eigenvalue weighted by Crippen LogP contribution is -2.22. The van der Waals surface area contributed by atoms with Crippen molar-refractivity contribution < 1.29 is 5.11 Å². The normalized spacial score (nSPS) is 11.2. The van der Waals surface area contributed by atoms with E-state index in [0.29, 0.717) is 0 Å². The Balaban J connectivity index is 2.11. The maximum Gasteiger partial charge on any atom is 0.0971 e. The molecule has 5 heteroatoms. The minimum absolute atomic E-state index is 0.0604. The van der Waals surface area contributed by atoms with Crippen LogP contribution < -0.4 is 0 Å². The highest BCUT2D eigenvalue weighted by atomic mass is 16.3. The van der Waals surface area contributed by atoms with Gasteiger partial charge in [0.15, 0.2) is 0 Å². The lowest BCUT2D eigenvalue weighted by atomic mass is 10.2. The molecular formula is C14H20N4O. The van der Waals surface area contributed by atoms with E-state index < -0.39 is 0 Å². The smallest absolute Gasteiger partial charge is 0.0971 e. The van der Waals surface area contributed by atoms with Crippen molar-refractivity contribution >= 4 is 0 Å². The van der Waals surface area contributed by atoms with Gasteiger partial charge in [-0.25, -0.2) is 4.68 Å². The summed E-state index contributed by atoms with van der Waals surface area (Å²) in [5.74, 6) is 0. The maximum absolute atomic E-state index is 9.02. The van der Waals surface area contributed by atoms with Crippen LogP contribution in [-0.2, 0) is 13.2 Å². The Morgan fingerprint density at radius 2 is 1.84 bits per heavy atom. The highest BCUT2D eigenvalue weighted by Crippen LogP contribution is 2.10. The van der Waals surface area contributed by atoms with Gasteiger partial charge in [-0.15, -0.1) is 5.10 Å². The monoisotopic (exact) mass is 260 g/mol. The third-order valence-corrected chi connectivity index (χ3v) is 3.20. The van der Waals surface area contributed by atoms with Gasteiger partial charge in [-0.2, -0.15) is 0 Å². The first-order valence-electron chi connectivity index (χ1n) is 6.60. The van der Waals surface area contributed by atoms with Crippen molar-refractivity contribution in [3.05, 3.63) is 41.7 Å². The molecule has 0 spiro atoms. The molecule has 0 saturated heterocycles. The molecule has 0 fully saturated rings. The molecule has 5 nitrogen and oxygen atoms in total. The Morgan fingerprint density at radius 3 is 2.42 bits per heavy atom. The summed E-state index contributed by atoms with van der Waals surface area (Å²) in [6.07, 6.45) is 1.95. The van der Waals surface area contributed by atoms with E-state index in [0.717, 1.165) is 36.6 Å². The van der Waals surface area contributed by atoms with Crippen molar-refractivity contribution in [1.82, 2.24) is 19.9 Å². The number of aliphatic hydroxyl groups excluding tert-OH is 1. The first-order chi connectivity index (χ1) is 9.26. The van der Waals surface area contributed by atoms with Crippen LogP contribution in [0.15, 0.2) is 30.5 Å². The number of aromatic nitrogens is 3. The molecule has 0 atom stereocenters. The van der Waals surface area contributed by atoms with Crippen molar-refractivity contribution in [2.24, 2.45) is 0 Å². The minimum Gasteiger partial charge on any atom is -0.392 e. The number of hydrogen-bond acceptors (Lipinski definition) is 4. The lowest BCUT2D eigenvalue weighted by Gasteiger charge is -2.15. The summed E-state index contributed by atoms with van der Waals surface area (Å²) in [6, 6.07) is 7.64. The zero-order valence-corrected chi connectivity index (χ0v) is 11.5. The first kappa shape index (κ1) is 13.7. The SMILES string of the molecule is CCN(CC)Cc1cn(-c2ccc(CO)cc2)nn1. The van der Waals surface area contributed by atoms with Crippen LogP contribution in [0.5, 0.6) is 0 Å². The Hall–Kier alpha value is -1.72. The first-order valence-corrected chi connectivity index (χ1v) is 6.60. The summed E-state index contributed by atoms with van der Waals surface area (Å²) in [5, 5.41) is 17.4. The molecule has 2 rings (SSSR count). The number of aliphatic hydroxyl groups is 1. The summed E-state index contributed by atoms with van der Waals surface area (Å²) < 4.78 is 1.76. The van der Waals surface area contributed by atoms with Crippen LogP contribution in [0.4, 0.5) is 0 Å². The van der Waals surface area contributed by atoms with Crippen LogP contribution in [0, 0.1) is 0 Å². The van der Waals surface area contributed by atoms with Crippen molar-refractivity contribution in [2.75, 3.05) is 13.1 Å². The van der Waals surface area contributed by atoms with Crippen LogP contribution in [0.1, 0.15) is 25.1 Å². The van der Waals surface area contributed by atoms with Crippen molar-refractivity contribution in [2.45, 2.75) is 27.0 Å². The predicted octanol–water partition coefficient (Wildman–Crippen LogP) is 1.60. The fraction of sp³-hybridized carbons (Fsp3) is 0.429. The molecule has 0 radical (unpaired) electrons. The Morgan fingerprint density at radius 1 is 1.16 bits per heavy atom. The van der Waals surface area contributed by atoms with Gasteiger partial charge in [0.1, 0.15) is 0 Å². The van der Waals surface area contributed by atoms with Gasteiger partial charge in [-0.3, -0.25) is 4.90 Å². The largest absolute Gasteiger partial charge is 0.392 e. The van der Waals surface area contributed by atoms with E-state index in [9.17, 15) is 0 Å². The third-order valence-electron chi connectivity index (χ3n) is 3.20. The average molecular weight is 260 g/mol. The second-order valence-electron chi connectivity index (χ2n) is 4.44. The topological polar surface area (TPSA) is 54.2 Å². The molecule has 0 aliphatic carbocycles. The molecule has 2 aromatic rings. The number of hydrogen-bond donors (Lipinski definition) is 1. The molecule has 102 valence electrons. The standard InChI is InChI=1S/C14H20N4O/c1-3-17(4-2)9-13-10-18(16-15-13)14-7-5-12(11-19)6-8-14/h5-8,10,19H,3-4,9,11H2,1-2H3. The molecule has 1 N–H and O–H groups in total. The zero-order valence-electron chi connectivity index (χ0n) is 11.5. The molecule has 19 heavy (non-hydrogen) atoms. The van der Waals surface area contributed by atoms with Gasteiger partial charge in [0.05, 0.1) is 24.2 Å². The minimum atomic E-state index is 0.0604. The van der Waals surface area contributed by atoms with Crippen LogP contribution >= 0.6 is 0 Å². The molecule has 0 aliphatic heterocycles. The molecule has 1 heterocycles. The van der Waals surface area contributed by atoms with E-state index in [4.69, 9.17) is 5.11 Å². The molecule has 1 aromatic heterocycles. The van der Waals surface area contributed by atoms with Crippen molar-refractivity contribution in [1.29, 1.82) is 0 Å². The molecule has 0 saturated carbocycles. The summed E-state index contributed by atoms with van der Waals surface area (Å²) in [4.78, 5) is 2.29. The van der Waals surface area contributed by atoms with E-state index in [2.05, 4.69) is 29.1 Å². The number of benzene rings is 1. The van der Waals surface area contributed by atoms with Gasteiger partial charge in [0.2, 0.25) is 0 Å². The van der Waals surface area contributed by atoms with E-state index in [1.54, 1.807) is 4.68 Å². The molecule has 1 aromatic carbocycles. The number of nitrogens with zero attached hydrogens (tertiary/aromatic N) is 4. The van der Waals surface area contributed by atoms with Crippen LogP contribution in [0.3, 0.4) is 0 Å². The van der Waals surface area contributed by atoms with Gasteiger partial charge in [-0.05, 0) is 30.8 Å². The van der Waals surface area contributed by atoms with Crippen LogP contribution in [0.2, 0.25) is 0 Å². The summed E-state index contributed by atoms with van der Waals surface area (Å²) in [6.45, 7) is 7.18. The molecule has 0 aliphatic rings. The second-order valence-corrected chi connectivity index (χ2v) is 4.44. The van der Waals surface area contributed by atoms with Crippen molar-refractivity contribution in [3.63, 3.8) is 0 Å². The Kier molecular flexibility index (Phi) is 4.65. The third kappa shape index (κ3) is 3.39. The van der Waals surface area contributed by atoms with Crippen LogP contribution in [0.25, 0.3) is 5.69 Å². The van der Waals surface area contributed by atoms with Crippen LogP contribution in [-0.4, -0.2) is 38.1 Å². The van der Waals surface area contributed by atoms with Gasteiger partial charge < -0.3 is 5.11 Å². The zero-order chi connectivity index (χ0) is 13.7. The summed E-state index contributed by atoms with van der Waals surface area (Å²) in [7, 11) is 0. The van der Waals surface area contributed by atoms with Gasteiger partial charge in [0.25, 0.3) is 0 Å². The maximum atomic E-state index is 9.02. The highest BCUT2D eigenvalue weighted by molar-refractivity contribution is 5.33. The quantitative estimate of drug-likeness (QED) is 0.857. The highest BCUT2D eigenvalue weighted by Gasteiger charge is 2.06. The molecular weight excluding hydrogens is 240 g/mol. The average Bonchev–Trinajstić information content (AvgIpc) is 2.93. The number of rotatable bonds is 6. The summed E-state index contributed by atoms with van der Waals surface area (Å²) >= 11 is 0. The van der Waals surface area contributed by atoms with Gasteiger partial charge in [-0.1, -0.05) is 31.2 Å². The second kappa shape index (κ2) is 6.45. The van der Waals surface area contributed by atoms with Crippen molar-refractivity contribution in [3.8, 4) is 5.69 Å².